The molecule has 1 fully saturated rings. The molecule has 2 aliphatic rings. The van der Waals surface area contributed by atoms with Gasteiger partial charge in [-0.25, -0.2) is 0 Å². The van der Waals surface area contributed by atoms with E-state index in [-0.39, 0.29) is 18.1 Å². The van der Waals surface area contributed by atoms with Crippen molar-refractivity contribution in [2.45, 2.75) is 43.7 Å². The fourth-order valence-corrected chi connectivity index (χ4v) is 3.60. The van der Waals surface area contributed by atoms with Crippen LogP contribution in [0.15, 0.2) is 24.3 Å². The van der Waals surface area contributed by atoms with Gasteiger partial charge in [-0.15, -0.1) is 0 Å². The highest BCUT2D eigenvalue weighted by Crippen LogP contribution is 2.31. The molecule has 1 saturated carbocycles. The molecular formula is C18H27N2O3+. The van der Waals surface area contributed by atoms with Crippen molar-refractivity contribution < 1.29 is 19.2 Å². The number of nitrogens with one attached hydrogen (secondary N) is 2. The van der Waals surface area contributed by atoms with Crippen LogP contribution in [0.25, 0.3) is 0 Å². The lowest BCUT2D eigenvalue weighted by atomic mass is 9.80. The minimum absolute atomic E-state index is 0.0781. The van der Waals surface area contributed by atoms with Crippen molar-refractivity contribution >= 4 is 5.91 Å². The van der Waals surface area contributed by atoms with Gasteiger partial charge < -0.3 is 19.7 Å². The second kappa shape index (κ2) is 6.79. The lowest BCUT2D eigenvalue weighted by molar-refractivity contribution is -0.916. The zero-order valence-corrected chi connectivity index (χ0v) is 14.1. The minimum atomic E-state index is -0.567. The van der Waals surface area contributed by atoms with Crippen LogP contribution in [0.4, 0.5) is 0 Å². The largest absolute Gasteiger partial charge is 0.485 e. The predicted molar refractivity (Wildman–Crippen MR) is 88.0 cm³/mol. The molecular weight excluding hydrogens is 292 g/mol. The molecule has 5 heteroatoms. The van der Waals surface area contributed by atoms with E-state index in [1.54, 1.807) is 0 Å². The Bertz CT molecular complexity index is 553. The smallest absolute Gasteiger partial charge is 0.264 e. The number of rotatable bonds is 4. The van der Waals surface area contributed by atoms with E-state index in [1.807, 2.05) is 24.3 Å². The SMILES string of the molecule is C[NH+](C)C1(CNC(=O)[C@@H]2COc3ccccc3O2)CCCCC1. The fraction of sp³-hybridized carbons (Fsp3) is 0.611. The number of carbonyl (C=O) groups excluding carboxylic acids is 1. The van der Waals surface area contributed by atoms with Crippen LogP contribution in [0.5, 0.6) is 11.5 Å². The molecule has 0 saturated heterocycles. The molecule has 1 heterocycles. The summed E-state index contributed by atoms with van der Waals surface area (Å²) < 4.78 is 11.4. The number of amides is 1. The van der Waals surface area contributed by atoms with Crippen molar-refractivity contribution in [2.75, 3.05) is 27.2 Å². The number of likely N-dealkylation sites (N-methyl/N-ethyl adjacent to an activating group) is 1. The molecule has 2 N–H and O–H groups in total. The molecule has 0 spiro atoms. The third-order valence-corrected chi connectivity index (χ3v) is 5.27. The van der Waals surface area contributed by atoms with Gasteiger partial charge in [0.15, 0.2) is 11.5 Å². The van der Waals surface area contributed by atoms with E-state index in [2.05, 4.69) is 19.4 Å². The Morgan fingerprint density at radius 2 is 1.91 bits per heavy atom. The molecule has 0 radical (unpaired) electrons. The van der Waals surface area contributed by atoms with Gasteiger partial charge >= 0.3 is 0 Å². The Morgan fingerprint density at radius 3 is 2.61 bits per heavy atom. The van der Waals surface area contributed by atoms with Crippen LogP contribution in [0.3, 0.4) is 0 Å². The van der Waals surface area contributed by atoms with Gasteiger partial charge in [0.2, 0.25) is 6.10 Å². The number of hydrogen-bond donors (Lipinski definition) is 2. The molecule has 1 aromatic rings. The van der Waals surface area contributed by atoms with Crippen LogP contribution < -0.4 is 19.7 Å². The topological polar surface area (TPSA) is 52.0 Å². The van der Waals surface area contributed by atoms with E-state index in [0.717, 1.165) is 0 Å². The Balaban J connectivity index is 1.59. The van der Waals surface area contributed by atoms with Crippen LogP contribution in [0, 0.1) is 0 Å². The first-order valence-electron chi connectivity index (χ1n) is 8.58. The zero-order chi connectivity index (χ0) is 16.3. The highest BCUT2D eigenvalue weighted by atomic mass is 16.6. The van der Waals surface area contributed by atoms with E-state index < -0.39 is 6.10 Å². The zero-order valence-electron chi connectivity index (χ0n) is 14.1. The maximum absolute atomic E-state index is 12.5. The standard InChI is InChI=1S/C18H26N2O3/c1-20(2)18(10-6-3-7-11-18)13-19-17(21)16-12-22-14-8-4-5-9-15(14)23-16/h4-5,8-9,16H,3,6-7,10-13H2,1-2H3,(H,19,21)/p+1/t16-/m0/s1. The van der Waals surface area contributed by atoms with Gasteiger partial charge in [0.05, 0.1) is 20.6 Å². The summed E-state index contributed by atoms with van der Waals surface area (Å²) in [6.07, 6.45) is 5.57. The summed E-state index contributed by atoms with van der Waals surface area (Å²) in [5.41, 5.74) is 0.154. The molecule has 0 unspecified atom stereocenters. The Morgan fingerprint density at radius 1 is 1.22 bits per heavy atom. The number of quaternary nitrogens is 1. The molecule has 1 amide bonds. The summed E-state index contributed by atoms with van der Waals surface area (Å²) in [5.74, 6) is 1.27. The maximum atomic E-state index is 12.5. The van der Waals surface area contributed by atoms with Gasteiger partial charge in [-0.3, -0.25) is 4.79 Å². The summed E-state index contributed by atoms with van der Waals surface area (Å²) in [7, 11) is 4.38. The second-order valence-electron chi connectivity index (χ2n) is 6.92. The van der Waals surface area contributed by atoms with Gasteiger partial charge in [0.1, 0.15) is 12.1 Å². The van der Waals surface area contributed by atoms with Crippen molar-refractivity contribution in [3.8, 4) is 11.5 Å². The van der Waals surface area contributed by atoms with Crippen LogP contribution in [-0.4, -0.2) is 44.8 Å². The van der Waals surface area contributed by atoms with Gasteiger partial charge in [0.25, 0.3) is 5.91 Å². The molecule has 1 aliphatic carbocycles. The Hall–Kier alpha value is -1.75. The van der Waals surface area contributed by atoms with Crippen LogP contribution >= 0.6 is 0 Å². The van der Waals surface area contributed by atoms with Crippen molar-refractivity contribution in [2.24, 2.45) is 0 Å². The molecule has 1 atom stereocenters. The lowest BCUT2D eigenvalue weighted by Gasteiger charge is -2.40. The number of fused-ring (bicyclic) bond motifs is 1. The predicted octanol–water partition coefficient (Wildman–Crippen LogP) is 0.790. The number of hydrogen-bond acceptors (Lipinski definition) is 3. The molecule has 0 bridgehead atoms. The molecule has 126 valence electrons. The summed E-state index contributed by atoms with van der Waals surface area (Å²) >= 11 is 0. The quantitative estimate of drug-likeness (QED) is 0.863. The van der Waals surface area contributed by atoms with Crippen molar-refractivity contribution in [3.05, 3.63) is 24.3 Å². The molecule has 3 rings (SSSR count). The third-order valence-electron chi connectivity index (χ3n) is 5.27. The average Bonchev–Trinajstić information content (AvgIpc) is 2.60. The third kappa shape index (κ3) is 3.44. The molecule has 5 nitrogen and oxygen atoms in total. The van der Waals surface area contributed by atoms with Crippen LogP contribution in [-0.2, 0) is 4.79 Å². The van der Waals surface area contributed by atoms with Gasteiger partial charge in [-0.05, 0) is 25.0 Å². The van der Waals surface area contributed by atoms with E-state index >= 15 is 0 Å². The molecule has 1 aromatic carbocycles. The van der Waals surface area contributed by atoms with E-state index in [0.29, 0.717) is 18.0 Å². The van der Waals surface area contributed by atoms with Gasteiger partial charge in [-0.2, -0.15) is 0 Å². The molecule has 1 aliphatic heterocycles. The normalized spacial score (nSPS) is 22.7. The van der Waals surface area contributed by atoms with Crippen LogP contribution in [0.1, 0.15) is 32.1 Å². The second-order valence-corrected chi connectivity index (χ2v) is 6.92. The summed E-state index contributed by atoms with van der Waals surface area (Å²) in [6, 6.07) is 7.47. The fourth-order valence-electron chi connectivity index (χ4n) is 3.60. The highest BCUT2D eigenvalue weighted by molar-refractivity contribution is 5.81. The highest BCUT2D eigenvalue weighted by Gasteiger charge is 2.39. The minimum Gasteiger partial charge on any atom is -0.485 e. The van der Waals surface area contributed by atoms with Crippen LogP contribution in [0.2, 0.25) is 0 Å². The Labute approximate surface area is 137 Å². The van der Waals surface area contributed by atoms with Crippen molar-refractivity contribution in [1.29, 1.82) is 0 Å². The van der Waals surface area contributed by atoms with Crippen molar-refractivity contribution in [1.82, 2.24) is 5.32 Å². The summed E-state index contributed by atoms with van der Waals surface area (Å²) in [5, 5.41) is 3.11. The molecule has 0 aromatic heterocycles. The number of benzene rings is 1. The van der Waals surface area contributed by atoms with E-state index in [1.165, 1.54) is 37.0 Å². The first-order chi connectivity index (χ1) is 11.1. The monoisotopic (exact) mass is 319 g/mol. The van der Waals surface area contributed by atoms with Gasteiger partial charge in [-0.1, -0.05) is 18.6 Å². The number of carbonyl (C=O) groups is 1. The number of ether oxygens (including phenoxy) is 2. The Kier molecular flexibility index (Phi) is 4.76. The van der Waals surface area contributed by atoms with E-state index in [4.69, 9.17) is 9.47 Å². The maximum Gasteiger partial charge on any atom is 0.264 e. The first-order valence-corrected chi connectivity index (χ1v) is 8.58. The number of para-hydroxylation sites is 2. The summed E-state index contributed by atoms with van der Waals surface area (Å²) in [4.78, 5) is 13.9. The average molecular weight is 319 g/mol. The lowest BCUT2D eigenvalue weighted by Crippen LogP contribution is -3.16. The van der Waals surface area contributed by atoms with Gasteiger partial charge in [0, 0.05) is 12.8 Å². The molecule has 23 heavy (non-hydrogen) atoms. The summed E-state index contributed by atoms with van der Waals surface area (Å²) in [6.45, 7) is 0.973. The van der Waals surface area contributed by atoms with Crippen molar-refractivity contribution in [3.63, 3.8) is 0 Å². The first kappa shape index (κ1) is 16.1. The van der Waals surface area contributed by atoms with E-state index in [9.17, 15) is 4.79 Å².